The van der Waals surface area contributed by atoms with Crippen LogP contribution in [0.25, 0.3) is 0 Å². The maximum atomic E-state index is 12.8. The van der Waals surface area contributed by atoms with Crippen molar-refractivity contribution in [1.82, 2.24) is 0 Å². The highest BCUT2D eigenvalue weighted by Crippen LogP contribution is 2.17. The summed E-state index contributed by atoms with van der Waals surface area (Å²) in [5, 5.41) is 0. The summed E-state index contributed by atoms with van der Waals surface area (Å²) in [5.74, 6) is -1.19. The number of rotatable bonds is 2. The lowest BCUT2D eigenvalue weighted by Crippen LogP contribution is -2.34. The largest absolute Gasteiger partial charge is 0.509 e. The Morgan fingerprint density at radius 3 is 2.23 bits per heavy atom. The lowest BCUT2D eigenvalue weighted by atomic mass is 9.80. The van der Waals surface area contributed by atoms with Crippen LogP contribution in [0.3, 0.4) is 0 Å². The molecule has 0 aliphatic heterocycles. The topological polar surface area (TPSA) is 9.23 Å². The van der Waals surface area contributed by atoms with Crippen molar-refractivity contribution in [3.05, 3.63) is 24.0 Å². The van der Waals surface area contributed by atoms with Gasteiger partial charge in [0.25, 0.3) is 0 Å². The van der Waals surface area contributed by atoms with Gasteiger partial charge in [0, 0.05) is 0 Å². The molecule has 0 aliphatic rings. The highest BCUT2D eigenvalue weighted by atomic mass is 19.4. The molecule has 0 aliphatic carbocycles. The van der Waals surface area contributed by atoms with E-state index in [0.29, 0.717) is 6.07 Å². The minimum atomic E-state index is -5.14. The summed E-state index contributed by atoms with van der Waals surface area (Å²) in [6.07, 6.45) is 0. The van der Waals surface area contributed by atoms with Crippen molar-refractivity contribution < 1.29 is 22.1 Å². The average Bonchev–Trinajstić information content (AvgIpc) is 2.02. The summed E-state index contributed by atoms with van der Waals surface area (Å²) in [6, 6.07) is 2.18. The lowest BCUT2D eigenvalue weighted by Gasteiger charge is -2.15. The smallest absolute Gasteiger partial charge is 0.494 e. The normalized spacial score (nSPS) is 11.5. The number of benzene rings is 1. The van der Waals surface area contributed by atoms with Crippen LogP contribution in [0.4, 0.5) is 17.3 Å². The highest BCUT2D eigenvalue weighted by molar-refractivity contribution is 6.73. The average molecular weight is 193 g/mol. The van der Waals surface area contributed by atoms with Gasteiger partial charge in [0.15, 0.2) is 11.6 Å². The Morgan fingerprint density at radius 1 is 1.23 bits per heavy atom. The van der Waals surface area contributed by atoms with E-state index >= 15 is 0 Å². The first kappa shape index (κ1) is 9.89. The van der Waals surface area contributed by atoms with Crippen LogP contribution in [0, 0.1) is 5.82 Å². The Kier molecular flexibility index (Phi) is 2.49. The van der Waals surface area contributed by atoms with Crippen LogP contribution >= 0.6 is 0 Å². The number of hydrogen-bond acceptors (Lipinski definition) is 1. The highest BCUT2D eigenvalue weighted by Gasteiger charge is 2.26. The van der Waals surface area contributed by atoms with Gasteiger partial charge in [-0.3, -0.25) is 0 Å². The fourth-order valence-electron chi connectivity index (χ4n) is 0.886. The van der Waals surface area contributed by atoms with E-state index in [-0.39, 0.29) is 5.75 Å². The predicted molar refractivity (Wildman–Crippen MR) is 41.7 cm³/mol. The molecular formula is C7H6BF4O-. The zero-order valence-electron chi connectivity index (χ0n) is 6.73. The zero-order chi connectivity index (χ0) is 10.1. The molecule has 0 unspecified atom stereocenters. The molecule has 0 heterocycles. The van der Waals surface area contributed by atoms with E-state index in [1.54, 1.807) is 0 Å². The summed E-state index contributed by atoms with van der Waals surface area (Å²) in [4.78, 5) is 0. The molecule has 0 saturated carbocycles. The Morgan fingerprint density at radius 2 is 1.85 bits per heavy atom. The van der Waals surface area contributed by atoms with Crippen molar-refractivity contribution in [1.29, 1.82) is 0 Å². The molecule has 1 aromatic carbocycles. The molecule has 0 spiro atoms. The van der Waals surface area contributed by atoms with Gasteiger partial charge >= 0.3 is 6.98 Å². The molecule has 1 rings (SSSR count). The van der Waals surface area contributed by atoms with Crippen LogP contribution in [0.2, 0.25) is 0 Å². The fraction of sp³-hybridized carbons (Fsp3) is 0.143. The number of ether oxygens (including phenoxy) is 1. The summed E-state index contributed by atoms with van der Waals surface area (Å²) < 4.78 is 53.4. The third kappa shape index (κ3) is 2.14. The van der Waals surface area contributed by atoms with Gasteiger partial charge in [-0.15, -0.1) is 5.46 Å². The second kappa shape index (κ2) is 3.28. The molecule has 1 aromatic rings. The molecule has 13 heavy (non-hydrogen) atoms. The van der Waals surface area contributed by atoms with Crippen molar-refractivity contribution >= 4 is 12.4 Å². The van der Waals surface area contributed by atoms with E-state index in [1.807, 2.05) is 0 Å². The van der Waals surface area contributed by atoms with Crippen LogP contribution in [0.5, 0.6) is 5.75 Å². The van der Waals surface area contributed by atoms with Gasteiger partial charge in [-0.2, -0.15) is 0 Å². The van der Waals surface area contributed by atoms with Crippen molar-refractivity contribution in [2.45, 2.75) is 0 Å². The monoisotopic (exact) mass is 193 g/mol. The maximum absolute atomic E-state index is 12.8. The van der Waals surface area contributed by atoms with E-state index in [0.717, 1.165) is 12.1 Å². The second-order valence-corrected chi connectivity index (χ2v) is 2.47. The van der Waals surface area contributed by atoms with Crippen LogP contribution in [0.15, 0.2) is 18.2 Å². The fourth-order valence-corrected chi connectivity index (χ4v) is 0.886. The van der Waals surface area contributed by atoms with E-state index in [4.69, 9.17) is 0 Å². The molecule has 0 N–H and O–H groups in total. The molecule has 0 aromatic heterocycles. The first-order valence-electron chi connectivity index (χ1n) is 3.48. The van der Waals surface area contributed by atoms with Gasteiger partial charge in [0.2, 0.25) is 0 Å². The number of halogens is 4. The lowest BCUT2D eigenvalue weighted by molar-refractivity contribution is 0.386. The minimum absolute atomic E-state index is 0.191. The minimum Gasteiger partial charge on any atom is -0.494 e. The van der Waals surface area contributed by atoms with Gasteiger partial charge in [-0.1, -0.05) is 6.07 Å². The van der Waals surface area contributed by atoms with Crippen LogP contribution in [-0.4, -0.2) is 14.1 Å². The summed E-state index contributed by atoms with van der Waals surface area (Å²) in [5.41, 5.74) is -0.960. The molecule has 0 bridgehead atoms. The van der Waals surface area contributed by atoms with Crippen LogP contribution in [-0.2, 0) is 0 Å². The van der Waals surface area contributed by atoms with Crippen molar-refractivity contribution in [2.24, 2.45) is 0 Å². The molecule has 72 valence electrons. The van der Waals surface area contributed by atoms with E-state index in [2.05, 4.69) is 4.74 Å². The quantitative estimate of drug-likeness (QED) is 0.514. The van der Waals surface area contributed by atoms with Gasteiger partial charge in [0.05, 0.1) is 7.11 Å². The van der Waals surface area contributed by atoms with E-state index < -0.39 is 18.3 Å². The third-order valence-corrected chi connectivity index (χ3v) is 1.55. The first-order valence-corrected chi connectivity index (χ1v) is 3.48. The summed E-state index contributed by atoms with van der Waals surface area (Å²) in [6.45, 7) is -5.14. The Labute approximate surface area is 72.4 Å². The van der Waals surface area contributed by atoms with Gasteiger partial charge in [-0.25, -0.2) is 4.39 Å². The third-order valence-electron chi connectivity index (χ3n) is 1.55. The second-order valence-electron chi connectivity index (χ2n) is 2.47. The molecule has 0 fully saturated rings. The van der Waals surface area contributed by atoms with Gasteiger partial charge < -0.3 is 17.7 Å². The maximum Gasteiger partial charge on any atom is 0.509 e. The van der Waals surface area contributed by atoms with Crippen molar-refractivity contribution in [2.75, 3.05) is 7.11 Å². The van der Waals surface area contributed by atoms with Crippen molar-refractivity contribution in [3.63, 3.8) is 0 Å². The molecule has 6 heteroatoms. The Balaban J connectivity index is 3.10. The molecule has 0 atom stereocenters. The van der Waals surface area contributed by atoms with E-state index in [1.165, 1.54) is 7.11 Å². The van der Waals surface area contributed by atoms with Crippen LogP contribution < -0.4 is 10.2 Å². The summed E-state index contributed by atoms with van der Waals surface area (Å²) in [7, 11) is 1.19. The van der Waals surface area contributed by atoms with Crippen LogP contribution in [0.1, 0.15) is 0 Å². The molecule has 0 saturated heterocycles. The molecule has 0 amide bonds. The Bertz CT molecular complexity index is 310. The predicted octanol–water partition coefficient (Wildman–Crippen LogP) is 1.89. The summed E-state index contributed by atoms with van der Waals surface area (Å²) >= 11 is 0. The van der Waals surface area contributed by atoms with E-state index in [9.17, 15) is 17.3 Å². The standard InChI is InChI=1S/C7H6BF4O/c1-13-7-3-2-5(4-6(7)9)8(10,11)12/h2-4H,1H3/q-1. The first-order chi connectivity index (χ1) is 5.95. The van der Waals surface area contributed by atoms with Crippen molar-refractivity contribution in [3.8, 4) is 5.75 Å². The number of methoxy groups -OCH3 is 1. The van der Waals surface area contributed by atoms with Gasteiger partial charge in [-0.05, 0) is 12.1 Å². The molecular weight excluding hydrogens is 187 g/mol. The zero-order valence-corrected chi connectivity index (χ0v) is 6.73. The number of hydrogen-bond donors (Lipinski definition) is 0. The Hall–Kier alpha value is -1.20. The van der Waals surface area contributed by atoms with Gasteiger partial charge in [0.1, 0.15) is 0 Å². The molecule has 1 nitrogen and oxygen atoms in total. The molecule has 0 radical (unpaired) electrons. The SMILES string of the molecule is COc1ccc([B-](F)(F)F)cc1F.